The maximum atomic E-state index is 11.8. The molecule has 1 aliphatic rings. The lowest BCUT2D eigenvalue weighted by atomic mass is 10.2. The van der Waals surface area contributed by atoms with Gasteiger partial charge in [-0.1, -0.05) is 12.1 Å². The van der Waals surface area contributed by atoms with Crippen molar-refractivity contribution in [2.45, 2.75) is 51.6 Å². The van der Waals surface area contributed by atoms with E-state index in [1.54, 1.807) is 7.11 Å². The average Bonchev–Trinajstić information content (AvgIpc) is 3.52. The fourth-order valence-electron chi connectivity index (χ4n) is 2.58. The second kappa shape index (κ2) is 15.3. The van der Waals surface area contributed by atoms with Gasteiger partial charge in [0, 0.05) is 38.8 Å². The van der Waals surface area contributed by atoms with E-state index in [0.717, 1.165) is 62.7 Å². The second-order valence-electron chi connectivity index (χ2n) is 6.86. The van der Waals surface area contributed by atoms with Gasteiger partial charge in [0.05, 0.1) is 13.7 Å². The summed E-state index contributed by atoms with van der Waals surface area (Å²) in [6.07, 6.45) is 4.48. The summed E-state index contributed by atoms with van der Waals surface area (Å²) in [5.41, 5.74) is 1.11. The van der Waals surface area contributed by atoms with Crippen LogP contribution in [0.4, 0.5) is 0 Å². The van der Waals surface area contributed by atoms with Gasteiger partial charge in [0.25, 0.3) is 0 Å². The summed E-state index contributed by atoms with van der Waals surface area (Å²) in [4.78, 5) is 16.4. The van der Waals surface area contributed by atoms with Crippen molar-refractivity contribution in [1.29, 1.82) is 0 Å². The molecule has 3 N–H and O–H groups in total. The third-order valence-corrected chi connectivity index (χ3v) is 4.36. The van der Waals surface area contributed by atoms with Crippen LogP contribution < -0.4 is 20.7 Å². The maximum absolute atomic E-state index is 11.8. The van der Waals surface area contributed by atoms with Crippen LogP contribution in [-0.2, 0) is 16.1 Å². The van der Waals surface area contributed by atoms with Gasteiger partial charge in [0.15, 0.2) is 5.96 Å². The van der Waals surface area contributed by atoms with Gasteiger partial charge in [-0.25, -0.2) is 4.99 Å². The predicted octanol–water partition coefficient (Wildman–Crippen LogP) is 2.83. The highest BCUT2D eigenvalue weighted by molar-refractivity contribution is 14.0. The van der Waals surface area contributed by atoms with Crippen molar-refractivity contribution in [3.05, 3.63) is 29.8 Å². The van der Waals surface area contributed by atoms with Crippen LogP contribution in [0.25, 0.3) is 0 Å². The minimum Gasteiger partial charge on any atom is -0.497 e. The normalized spacial score (nSPS) is 13.4. The van der Waals surface area contributed by atoms with Crippen LogP contribution in [0.5, 0.6) is 5.75 Å². The number of carbonyl (C=O) groups excluding carboxylic acids is 1. The number of hydrogen-bond donors (Lipinski definition) is 3. The Bertz CT molecular complexity index is 606. The molecule has 1 aliphatic carbocycles. The maximum Gasteiger partial charge on any atom is 0.220 e. The molecule has 1 amide bonds. The van der Waals surface area contributed by atoms with E-state index in [0.29, 0.717) is 25.6 Å². The molecule has 0 bridgehead atoms. The molecule has 1 aromatic carbocycles. The highest BCUT2D eigenvalue weighted by atomic mass is 127. The van der Waals surface area contributed by atoms with Crippen molar-refractivity contribution in [3.63, 3.8) is 0 Å². The molecule has 1 fully saturated rings. The molecule has 1 saturated carbocycles. The van der Waals surface area contributed by atoms with Gasteiger partial charge in [-0.05, 0) is 50.3 Å². The first-order valence-corrected chi connectivity index (χ1v) is 10.2. The molecule has 0 aromatic heterocycles. The first kappa shape index (κ1) is 25.5. The van der Waals surface area contributed by atoms with Crippen molar-refractivity contribution in [2.75, 3.05) is 33.4 Å². The molecule has 8 heteroatoms. The quantitative estimate of drug-likeness (QED) is 0.162. The minimum atomic E-state index is 0. The zero-order valence-corrected chi connectivity index (χ0v) is 19.9. The van der Waals surface area contributed by atoms with Gasteiger partial charge < -0.3 is 25.4 Å². The van der Waals surface area contributed by atoms with Crippen LogP contribution in [0, 0.1) is 0 Å². The molecule has 0 spiro atoms. The third kappa shape index (κ3) is 11.9. The monoisotopic (exact) mass is 518 g/mol. The van der Waals surface area contributed by atoms with Crippen LogP contribution >= 0.6 is 24.0 Å². The van der Waals surface area contributed by atoms with Crippen molar-refractivity contribution in [2.24, 2.45) is 4.99 Å². The lowest BCUT2D eigenvalue weighted by molar-refractivity contribution is -0.121. The number of nitrogens with zero attached hydrogens (tertiary/aromatic N) is 1. The Morgan fingerprint density at radius 1 is 1.14 bits per heavy atom. The fourth-order valence-corrected chi connectivity index (χ4v) is 2.58. The minimum absolute atomic E-state index is 0. The van der Waals surface area contributed by atoms with E-state index < -0.39 is 0 Å². The summed E-state index contributed by atoms with van der Waals surface area (Å²) < 4.78 is 10.6. The molecular formula is C21H35IN4O3. The van der Waals surface area contributed by atoms with E-state index in [2.05, 4.69) is 20.9 Å². The molecule has 0 heterocycles. The molecule has 0 aliphatic heterocycles. The smallest absolute Gasteiger partial charge is 0.220 e. The van der Waals surface area contributed by atoms with Crippen molar-refractivity contribution in [3.8, 4) is 5.75 Å². The number of benzene rings is 1. The number of aliphatic imine (C=N–C) groups is 1. The van der Waals surface area contributed by atoms with E-state index in [-0.39, 0.29) is 29.9 Å². The van der Waals surface area contributed by atoms with Gasteiger partial charge in [-0.2, -0.15) is 0 Å². The summed E-state index contributed by atoms with van der Waals surface area (Å²) in [6.45, 7) is 5.54. The Morgan fingerprint density at radius 2 is 1.83 bits per heavy atom. The van der Waals surface area contributed by atoms with Crippen LogP contribution in [0.2, 0.25) is 0 Å². The molecule has 164 valence electrons. The zero-order valence-electron chi connectivity index (χ0n) is 17.5. The van der Waals surface area contributed by atoms with Gasteiger partial charge in [0.2, 0.25) is 5.91 Å². The lowest BCUT2D eigenvalue weighted by Gasteiger charge is -2.13. The summed E-state index contributed by atoms with van der Waals surface area (Å²) in [7, 11) is 1.66. The Balaban J connectivity index is 0.00000420. The lowest BCUT2D eigenvalue weighted by Crippen LogP contribution is -2.39. The Morgan fingerprint density at radius 3 is 2.45 bits per heavy atom. The van der Waals surface area contributed by atoms with Gasteiger partial charge >= 0.3 is 0 Å². The van der Waals surface area contributed by atoms with Crippen LogP contribution in [-0.4, -0.2) is 51.3 Å². The number of amides is 1. The van der Waals surface area contributed by atoms with E-state index >= 15 is 0 Å². The number of ether oxygens (including phenoxy) is 2. The van der Waals surface area contributed by atoms with Gasteiger partial charge in [-0.3, -0.25) is 4.79 Å². The van der Waals surface area contributed by atoms with Crippen LogP contribution in [0.1, 0.15) is 44.6 Å². The van der Waals surface area contributed by atoms with E-state index in [4.69, 9.17) is 9.47 Å². The average molecular weight is 518 g/mol. The Hall–Kier alpha value is -1.55. The van der Waals surface area contributed by atoms with E-state index in [9.17, 15) is 4.79 Å². The topological polar surface area (TPSA) is 84.0 Å². The third-order valence-electron chi connectivity index (χ3n) is 4.36. The van der Waals surface area contributed by atoms with Gasteiger partial charge in [0.1, 0.15) is 5.75 Å². The number of guanidine groups is 1. The van der Waals surface area contributed by atoms with Crippen LogP contribution in [0.15, 0.2) is 29.3 Å². The van der Waals surface area contributed by atoms with Crippen molar-refractivity contribution >= 4 is 35.8 Å². The van der Waals surface area contributed by atoms with Gasteiger partial charge in [-0.15, -0.1) is 24.0 Å². The summed E-state index contributed by atoms with van der Waals surface area (Å²) >= 11 is 0. The number of hydrogen-bond acceptors (Lipinski definition) is 4. The SMILES string of the molecule is CCOCCCNC(=NCc1ccc(OC)cc1)NCCCC(=O)NC1CC1.I. The molecule has 0 radical (unpaired) electrons. The fraction of sp³-hybridized carbons (Fsp3) is 0.619. The molecule has 2 rings (SSSR count). The van der Waals surface area contributed by atoms with Crippen molar-refractivity contribution in [1.82, 2.24) is 16.0 Å². The van der Waals surface area contributed by atoms with E-state index in [1.807, 2.05) is 31.2 Å². The zero-order chi connectivity index (χ0) is 20.0. The standard InChI is InChI=1S/C21H34N4O3.HI/c1-3-28-15-5-14-23-21(22-13-4-6-20(26)25-18-9-10-18)24-16-17-7-11-19(27-2)12-8-17;/h7-8,11-12,18H,3-6,9-10,13-16H2,1-2H3,(H,25,26)(H2,22,23,24);1H. The molecule has 0 saturated heterocycles. The number of carbonyl (C=O) groups is 1. The molecule has 29 heavy (non-hydrogen) atoms. The largest absolute Gasteiger partial charge is 0.497 e. The summed E-state index contributed by atoms with van der Waals surface area (Å²) in [6, 6.07) is 8.32. The van der Waals surface area contributed by atoms with Crippen LogP contribution in [0.3, 0.4) is 0 Å². The number of rotatable bonds is 13. The second-order valence-corrected chi connectivity index (χ2v) is 6.86. The molecule has 1 aromatic rings. The number of methoxy groups -OCH3 is 1. The molecular weight excluding hydrogens is 483 g/mol. The van der Waals surface area contributed by atoms with E-state index in [1.165, 1.54) is 0 Å². The molecule has 0 atom stereocenters. The number of nitrogens with one attached hydrogen (secondary N) is 3. The highest BCUT2D eigenvalue weighted by Gasteiger charge is 2.22. The summed E-state index contributed by atoms with van der Waals surface area (Å²) in [5.74, 6) is 1.74. The molecule has 7 nitrogen and oxygen atoms in total. The highest BCUT2D eigenvalue weighted by Crippen LogP contribution is 2.18. The molecule has 0 unspecified atom stereocenters. The predicted molar refractivity (Wildman–Crippen MR) is 127 cm³/mol. The van der Waals surface area contributed by atoms with Crippen molar-refractivity contribution < 1.29 is 14.3 Å². The Kier molecular flexibility index (Phi) is 13.5. The first-order valence-electron chi connectivity index (χ1n) is 10.2. The number of halogens is 1. The Labute approximate surface area is 191 Å². The summed E-state index contributed by atoms with van der Waals surface area (Å²) in [5, 5.41) is 9.67. The first-order chi connectivity index (χ1) is 13.7.